The van der Waals surface area contributed by atoms with Crippen LogP contribution in [-0.4, -0.2) is 56.2 Å². The number of hydrogen-bond donors (Lipinski definition) is 2. The zero-order chi connectivity index (χ0) is 14.6. The van der Waals surface area contributed by atoms with Crippen LogP contribution in [0.3, 0.4) is 0 Å². The van der Waals surface area contributed by atoms with Crippen molar-refractivity contribution in [1.82, 2.24) is 10.2 Å². The molecule has 3 atom stereocenters. The molecular weight excluding hydrogens is 254 g/mol. The van der Waals surface area contributed by atoms with Crippen molar-refractivity contribution in [1.29, 1.82) is 0 Å². The van der Waals surface area contributed by atoms with Gasteiger partial charge < -0.3 is 15.8 Å². The SMILES string of the molecule is CNC1(C(N)=O)CCCC(N2CCCC(COC)C2)C1. The Hall–Kier alpha value is -0.650. The maximum Gasteiger partial charge on any atom is 0.237 e. The first-order valence-electron chi connectivity index (χ1n) is 7.83. The number of likely N-dealkylation sites (tertiary alicyclic amines) is 1. The van der Waals surface area contributed by atoms with Crippen LogP contribution in [0.1, 0.15) is 38.5 Å². The van der Waals surface area contributed by atoms with Gasteiger partial charge in [-0.25, -0.2) is 0 Å². The van der Waals surface area contributed by atoms with Gasteiger partial charge in [-0.05, 0) is 58.0 Å². The van der Waals surface area contributed by atoms with Gasteiger partial charge in [-0.1, -0.05) is 0 Å². The molecule has 2 aliphatic rings. The van der Waals surface area contributed by atoms with Gasteiger partial charge in [0.25, 0.3) is 0 Å². The van der Waals surface area contributed by atoms with Crippen molar-refractivity contribution >= 4 is 5.91 Å². The average Bonchev–Trinajstić information content (AvgIpc) is 2.48. The Kier molecular flexibility index (Phi) is 5.41. The number of ether oxygens (including phenoxy) is 1. The number of nitrogens with one attached hydrogen (secondary N) is 1. The van der Waals surface area contributed by atoms with E-state index in [1.165, 1.54) is 19.3 Å². The fourth-order valence-electron chi connectivity index (χ4n) is 3.93. The number of carbonyl (C=O) groups excluding carboxylic acids is 1. The van der Waals surface area contributed by atoms with E-state index in [0.717, 1.165) is 39.0 Å². The number of hydrogen-bond acceptors (Lipinski definition) is 4. The Morgan fingerprint density at radius 1 is 1.45 bits per heavy atom. The molecular formula is C15H29N3O2. The van der Waals surface area contributed by atoms with Crippen LogP contribution in [0.4, 0.5) is 0 Å². The first-order chi connectivity index (χ1) is 9.61. The Morgan fingerprint density at radius 2 is 2.25 bits per heavy atom. The molecule has 5 nitrogen and oxygen atoms in total. The molecule has 116 valence electrons. The van der Waals surface area contributed by atoms with E-state index in [2.05, 4.69) is 10.2 Å². The van der Waals surface area contributed by atoms with Crippen LogP contribution in [-0.2, 0) is 9.53 Å². The van der Waals surface area contributed by atoms with Crippen LogP contribution in [0.25, 0.3) is 0 Å². The largest absolute Gasteiger partial charge is 0.384 e. The number of methoxy groups -OCH3 is 1. The summed E-state index contributed by atoms with van der Waals surface area (Å²) in [5.74, 6) is 0.434. The minimum absolute atomic E-state index is 0.199. The van der Waals surface area contributed by atoms with Gasteiger partial charge in [-0.3, -0.25) is 9.69 Å². The molecule has 0 aromatic carbocycles. The van der Waals surface area contributed by atoms with Crippen molar-refractivity contribution in [3.8, 4) is 0 Å². The number of amides is 1. The number of piperidine rings is 1. The molecule has 20 heavy (non-hydrogen) atoms. The molecule has 2 fully saturated rings. The molecule has 1 saturated heterocycles. The van der Waals surface area contributed by atoms with E-state index in [0.29, 0.717) is 12.0 Å². The lowest BCUT2D eigenvalue weighted by Gasteiger charge is -2.45. The first kappa shape index (κ1) is 15.7. The number of nitrogens with zero attached hydrogens (tertiary/aromatic N) is 1. The standard InChI is InChI=1S/C15H29N3O2/c1-17-15(14(16)19)7-3-6-13(9-15)18-8-4-5-12(10-18)11-20-2/h12-13,17H,3-11H2,1-2H3,(H2,16,19). The summed E-state index contributed by atoms with van der Waals surface area (Å²) in [4.78, 5) is 14.4. The fraction of sp³-hybridized carbons (Fsp3) is 0.933. The van der Waals surface area contributed by atoms with Crippen molar-refractivity contribution in [2.24, 2.45) is 11.7 Å². The van der Waals surface area contributed by atoms with E-state index in [-0.39, 0.29) is 5.91 Å². The summed E-state index contributed by atoms with van der Waals surface area (Å²) in [5.41, 5.74) is 5.14. The number of rotatable bonds is 5. The summed E-state index contributed by atoms with van der Waals surface area (Å²) in [6, 6.07) is 0.475. The molecule has 0 spiro atoms. The summed E-state index contributed by atoms with van der Waals surface area (Å²) < 4.78 is 5.30. The molecule has 0 aromatic rings. The Labute approximate surface area is 122 Å². The van der Waals surface area contributed by atoms with Crippen LogP contribution in [0.5, 0.6) is 0 Å². The zero-order valence-electron chi connectivity index (χ0n) is 12.9. The molecule has 0 bridgehead atoms. The van der Waals surface area contributed by atoms with E-state index in [9.17, 15) is 4.79 Å². The smallest absolute Gasteiger partial charge is 0.237 e. The topological polar surface area (TPSA) is 67.6 Å². The summed E-state index contributed by atoms with van der Waals surface area (Å²) in [6.45, 7) is 3.08. The number of primary amides is 1. The zero-order valence-corrected chi connectivity index (χ0v) is 12.9. The molecule has 0 radical (unpaired) electrons. The highest BCUT2D eigenvalue weighted by Crippen LogP contribution is 2.33. The van der Waals surface area contributed by atoms with E-state index >= 15 is 0 Å². The average molecular weight is 283 g/mol. The van der Waals surface area contributed by atoms with Gasteiger partial charge in [0.05, 0.1) is 12.1 Å². The van der Waals surface area contributed by atoms with Crippen LogP contribution < -0.4 is 11.1 Å². The third kappa shape index (κ3) is 3.32. The van der Waals surface area contributed by atoms with Crippen molar-refractivity contribution in [3.05, 3.63) is 0 Å². The highest BCUT2D eigenvalue weighted by Gasteiger charge is 2.42. The van der Waals surface area contributed by atoms with Gasteiger partial charge in [0.1, 0.15) is 0 Å². The van der Waals surface area contributed by atoms with Gasteiger partial charge in [-0.2, -0.15) is 0 Å². The van der Waals surface area contributed by atoms with E-state index in [1.807, 2.05) is 7.05 Å². The molecule has 1 aliphatic heterocycles. The van der Waals surface area contributed by atoms with Crippen molar-refractivity contribution in [2.75, 3.05) is 33.9 Å². The van der Waals surface area contributed by atoms with Crippen LogP contribution in [0.2, 0.25) is 0 Å². The van der Waals surface area contributed by atoms with Crippen LogP contribution in [0.15, 0.2) is 0 Å². The highest BCUT2D eigenvalue weighted by atomic mass is 16.5. The molecule has 0 aromatic heterocycles. The van der Waals surface area contributed by atoms with Gasteiger partial charge in [0.15, 0.2) is 0 Å². The summed E-state index contributed by atoms with van der Waals surface area (Å²) in [6.07, 6.45) is 6.44. The monoisotopic (exact) mass is 283 g/mol. The van der Waals surface area contributed by atoms with Crippen LogP contribution in [0, 0.1) is 5.92 Å². The quantitative estimate of drug-likeness (QED) is 0.780. The van der Waals surface area contributed by atoms with E-state index < -0.39 is 5.54 Å². The lowest BCUT2D eigenvalue weighted by atomic mass is 9.77. The second kappa shape index (κ2) is 6.87. The normalized spacial score (nSPS) is 35.9. The van der Waals surface area contributed by atoms with E-state index in [1.54, 1.807) is 7.11 Å². The Bertz CT molecular complexity index is 335. The Balaban J connectivity index is 1.99. The summed E-state index contributed by atoms with van der Waals surface area (Å²) in [5, 5.41) is 3.20. The van der Waals surface area contributed by atoms with Crippen molar-refractivity contribution in [3.63, 3.8) is 0 Å². The van der Waals surface area contributed by atoms with Gasteiger partial charge in [0, 0.05) is 19.7 Å². The molecule has 1 saturated carbocycles. The van der Waals surface area contributed by atoms with Crippen molar-refractivity contribution in [2.45, 2.75) is 50.1 Å². The number of carbonyl (C=O) groups is 1. The molecule has 1 heterocycles. The lowest BCUT2D eigenvalue weighted by molar-refractivity contribution is -0.126. The summed E-state index contributed by atoms with van der Waals surface area (Å²) >= 11 is 0. The van der Waals surface area contributed by atoms with Crippen LogP contribution >= 0.6 is 0 Å². The molecule has 1 amide bonds. The predicted octanol–water partition coefficient (Wildman–Crippen LogP) is 0.731. The molecule has 3 N–H and O–H groups in total. The highest BCUT2D eigenvalue weighted by molar-refractivity contribution is 5.84. The van der Waals surface area contributed by atoms with Gasteiger partial charge in [0.2, 0.25) is 5.91 Å². The Morgan fingerprint density at radius 3 is 2.90 bits per heavy atom. The number of likely N-dealkylation sites (N-methyl/N-ethyl adjacent to an activating group) is 1. The van der Waals surface area contributed by atoms with Gasteiger partial charge >= 0.3 is 0 Å². The maximum atomic E-state index is 11.8. The first-order valence-corrected chi connectivity index (χ1v) is 7.83. The van der Waals surface area contributed by atoms with Gasteiger partial charge in [-0.15, -0.1) is 0 Å². The fourth-order valence-corrected chi connectivity index (χ4v) is 3.93. The molecule has 5 heteroatoms. The summed E-state index contributed by atoms with van der Waals surface area (Å²) in [7, 11) is 3.63. The molecule has 3 unspecified atom stereocenters. The third-order valence-corrected chi connectivity index (χ3v) is 5.14. The minimum Gasteiger partial charge on any atom is -0.384 e. The third-order valence-electron chi connectivity index (χ3n) is 5.14. The van der Waals surface area contributed by atoms with E-state index in [4.69, 9.17) is 10.5 Å². The lowest BCUT2D eigenvalue weighted by Crippen LogP contribution is -2.60. The predicted molar refractivity (Wildman–Crippen MR) is 79.4 cm³/mol. The van der Waals surface area contributed by atoms with Crippen molar-refractivity contribution < 1.29 is 9.53 Å². The maximum absolute atomic E-state index is 11.8. The second-order valence-corrected chi connectivity index (χ2v) is 6.41. The number of nitrogens with two attached hydrogens (primary N) is 1. The second-order valence-electron chi connectivity index (χ2n) is 6.41. The molecule has 2 rings (SSSR count). The molecule has 1 aliphatic carbocycles. The minimum atomic E-state index is -0.503.